The third kappa shape index (κ3) is 3.62. The summed E-state index contributed by atoms with van der Waals surface area (Å²) < 4.78 is 27.2. The first-order valence-corrected chi connectivity index (χ1v) is 9.90. The number of hydrogen-bond donors (Lipinski definition) is 1. The largest absolute Gasteiger partial charge is 0.478 e. The Balaban J connectivity index is 0.00000109. The van der Waals surface area contributed by atoms with E-state index in [-0.39, 0.29) is 10.5 Å². The molecule has 3 rings (SSSR count). The fraction of sp³-hybridized carbons (Fsp3) is 0.167. The molecule has 1 aromatic heterocycles. The van der Waals surface area contributed by atoms with Crippen LogP contribution in [0, 0.1) is 6.92 Å². The molecule has 0 radical (unpaired) electrons. The molecule has 0 saturated heterocycles. The van der Waals surface area contributed by atoms with Gasteiger partial charge in [0.15, 0.2) is 0 Å². The molecule has 0 fully saturated rings. The first-order valence-electron chi connectivity index (χ1n) is 7.67. The summed E-state index contributed by atoms with van der Waals surface area (Å²) in [6, 6.07) is 11.0. The molecule has 1 heterocycles. The zero-order valence-corrected chi connectivity index (χ0v) is 16.4. The van der Waals surface area contributed by atoms with Gasteiger partial charge < -0.3 is 5.11 Å². The van der Waals surface area contributed by atoms with E-state index in [2.05, 4.69) is 15.9 Å². The van der Waals surface area contributed by atoms with E-state index in [4.69, 9.17) is 5.11 Å². The normalized spacial score (nSPS) is 11.0. The second-order valence-electron chi connectivity index (χ2n) is 5.13. The first kappa shape index (κ1) is 19.2. The number of nitrogens with zero attached hydrogens (tertiary/aromatic N) is 1. The smallest absolute Gasteiger partial charge is 0.335 e. The van der Waals surface area contributed by atoms with Crippen LogP contribution in [0.2, 0.25) is 0 Å². The molecular weight excluding hydrogens is 406 g/mol. The second kappa shape index (κ2) is 7.41. The van der Waals surface area contributed by atoms with E-state index < -0.39 is 16.0 Å². The molecule has 0 unspecified atom stereocenters. The van der Waals surface area contributed by atoms with Crippen LogP contribution in [-0.2, 0) is 10.0 Å². The van der Waals surface area contributed by atoms with Crippen molar-refractivity contribution in [2.24, 2.45) is 0 Å². The molecule has 0 aliphatic carbocycles. The van der Waals surface area contributed by atoms with Crippen molar-refractivity contribution in [3.8, 4) is 0 Å². The zero-order valence-electron chi connectivity index (χ0n) is 14.0. The van der Waals surface area contributed by atoms with E-state index in [0.717, 1.165) is 9.54 Å². The van der Waals surface area contributed by atoms with Gasteiger partial charge in [0.05, 0.1) is 16.0 Å². The lowest BCUT2D eigenvalue weighted by atomic mass is 10.1. The Kier molecular flexibility index (Phi) is 5.69. The number of rotatable bonds is 3. The van der Waals surface area contributed by atoms with Crippen LogP contribution in [0.5, 0.6) is 0 Å². The predicted molar refractivity (Wildman–Crippen MR) is 102 cm³/mol. The van der Waals surface area contributed by atoms with Crippen molar-refractivity contribution >= 4 is 42.8 Å². The van der Waals surface area contributed by atoms with Crippen molar-refractivity contribution in [3.63, 3.8) is 0 Å². The highest BCUT2D eigenvalue weighted by Gasteiger charge is 2.21. The van der Waals surface area contributed by atoms with Crippen molar-refractivity contribution in [2.45, 2.75) is 25.7 Å². The Bertz CT molecular complexity index is 1020. The number of aromatic carboxylic acids is 1. The summed E-state index contributed by atoms with van der Waals surface area (Å²) in [5, 5.41) is 9.63. The van der Waals surface area contributed by atoms with Crippen LogP contribution in [0.15, 0.2) is 58.0 Å². The average molecular weight is 424 g/mol. The molecule has 5 nitrogen and oxygen atoms in total. The molecule has 0 spiro atoms. The van der Waals surface area contributed by atoms with Gasteiger partial charge >= 0.3 is 5.97 Å². The predicted octanol–water partition coefficient (Wildman–Crippen LogP) is 4.67. The fourth-order valence-electron chi connectivity index (χ4n) is 2.35. The fourth-order valence-corrected chi connectivity index (χ4v) is 4.51. The summed E-state index contributed by atoms with van der Waals surface area (Å²) in [7, 11) is -3.76. The number of carboxylic acids is 1. The highest BCUT2D eigenvalue weighted by atomic mass is 79.9. The van der Waals surface area contributed by atoms with Gasteiger partial charge in [-0.25, -0.2) is 17.2 Å². The third-order valence-electron chi connectivity index (χ3n) is 3.53. The lowest BCUT2D eigenvalue weighted by molar-refractivity contribution is 0.0697. The van der Waals surface area contributed by atoms with Gasteiger partial charge in [0.2, 0.25) is 0 Å². The highest BCUT2D eigenvalue weighted by Crippen LogP contribution is 2.30. The third-order valence-corrected chi connectivity index (χ3v) is 5.82. The topological polar surface area (TPSA) is 76.4 Å². The molecule has 1 N–H and O–H groups in total. The van der Waals surface area contributed by atoms with E-state index in [1.54, 1.807) is 30.3 Å². The summed E-state index contributed by atoms with van der Waals surface area (Å²) >= 11 is 3.27. The van der Waals surface area contributed by atoms with Crippen LogP contribution in [0.4, 0.5) is 0 Å². The molecule has 0 saturated carbocycles. The molecule has 25 heavy (non-hydrogen) atoms. The number of carbonyl (C=O) groups is 1. The zero-order chi connectivity index (χ0) is 18.8. The molecule has 0 amide bonds. The lowest BCUT2D eigenvalue weighted by Crippen LogP contribution is -2.12. The number of halogens is 1. The van der Waals surface area contributed by atoms with E-state index in [1.807, 2.05) is 20.8 Å². The summed E-state index contributed by atoms with van der Waals surface area (Å²) in [4.78, 5) is 11.3. The van der Waals surface area contributed by atoms with Gasteiger partial charge in [-0.15, -0.1) is 0 Å². The molecule has 0 aliphatic rings. The molecule has 2 aromatic carbocycles. The van der Waals surface area contributed by atoms with Crippen molar-refractivity contribution < 1.29 is 18.3 Å². The van der Waals surface area contributed by atoms with Crippen LogP contribution in [0.25, 0.3) is 10.9 Å². The van der Waals surface area contributed by atoms with Crippen molar-refractivity contribution in [1.82, 2.24) is 3.97 Å². The van der Waals surface area contributed by atoms with Gasteiger partial charge in [-0.2, -0.15) is 0 Å². The summed E-state index contributed by atoms with van der Waals surface area (Å²) in [5.41, 5.74) is 1.47. The summed E-state index contributed by atoms with van der Waals surface area (Å²) in [6.07, 6.45) is 1.43. The second-order valence-corrected chi connectivity index (χ2v) is 7.80. The van der Waals surface area contributed by atoms with E-state index in [0.29, 0.717) is 15.4 Å². The SMILES string of the molecule is CC.Cc1ccc(S(=O)(=O)n2ccc3cc(C(=O)O)cc(Br)c32)cc1. The summed E-state index contributed by atoms with van der Waals surface area (Å²) in [6.45, 7) is 5.88. The maximum atomic E-state index is 12.8. The Morgan fingerprint density at radius 3 is 2.24 bits per heavy atom. The van der Waals surface area contributed by atoms with Crippen LogP contribution in [0.1, 0.15) is 29.8 Å². The van der Waals surface area contributed by atoms with Crippen molar-refractivity contribution in [1.29, 1.82) is 0 Å². The van der Waals surface area contributed by atoms with E-state index in [9.17, 15) is 13.2 Å². The minimum atomic E-state index is -3.76. The minimum absolute atomic E-state index is 0.0925. The van der Waals surface area contributed by atoms with E-state index >= 15 is 0 Å². The standard InChI is InChI=1S/C16H12BrNO4S.C2H6/c1-10-2-4-13(5-3-10)23(21,22)18-7-6-11-8-12(16(19)20)9-14(17)15(11)18;1-2/h2-9H,1H3,(H,19,20);1-2H3. The molecular formula is C18H18BrNO4S. The van der Waals surface area contributed by atoms with Gasteiger partial charge in [0.25, 0.3) is 10.0 Å². The van der Waals surface area contributed by atoms with Crippen LogP contribution >= 0.6 is 15.9 Å². The Hall–Kier alpha value is -2.12. The molecule has 3 aromatic rings. The molecule has 0 aliphatic heterocycles. The number of fused-ring (bicyclic) bond motifs is 1. The molecule has 0 atom stereocenters. The number of hydrogen-bond acceptors (Lipinski definition) is 3. The first-order chi connectivity index (χ1) is 11.8. The van der Waals surface area contributed by atoms with Gasteiger partial charge in [-0.1, -0.05) is 31.5 Å². The van der Waals surface area contributed by atoms with Crippen LogP contribution in [0.3, 0.4) is 0 Å². The average Bonchev–Trinajstić information content (AvgIpc) is 3.02. The number of benzene rings is 2. The summed E-state index contributed by atoms with van der Waals surface area (Å²) in [5.74, 6) is -1.07. The van der Waals surface area contributed by atoms with E-state index in [1.165, 1.54) is 18.3 Å². The maximum Gasteiger partial charge on any atom is 0.335 e. The molecule has 0 bridgehead atoms. The Morgan fingerprint density at radius 1 is 1.08 bits per heavy atom. The van der Waals surface area contributed by atoms with Gasteiger partial charge in [0, 0.05) is 16.1 Å². The quantitative estimate of drug-likeness (QED) is 0.663. The highest BCUT2D eigenvalue weighted by molar-refractivity contribution is 9.10. The van der Waals surface area contributed by atoms with Gasteiger partial charge in [0.1, 0.15) is 0 Å². The Labute approximate surface area is 155 Å². The Morgan fingerprint density at radius 2 is 1.68 bits per heavy atom. The number of carboxylic acid groups (broad SMARTS) is 1. The monoisotopic (exact) mass is 423 g/mol. The lowest BCUT2D eigenvalue weighted by Gasteiger charge is -2.09. The van der Waals surface area contributed by atoms with Gasteiger partial charge in [-0.05, 0) is 53.2 Å². The van der Waals surface area contributed by atoms with Crippen LogP contribution < -0.4 is 0 Å². The minimum Gasteiger partial charge on any atom is -0.478 e. The van der Waals surface area contributed by atoms with Crippen LogP contribution in [-0.4, -0.2) is 23.5 Å². The molecule has 7 heteroatoms. The number of aromatic nitrogens is 1. The number of aryl methyl sites for hydroxylation is 1. The van der Waals surface area contributed by atoms with Crippen molar-refractivity contribution in [3.05, 3.63) is 64.3 Å². The maximum absolute atomic E-state index is 12.8. The van der Waals surface area contributed by atoms with Crippen molar-refractivity contribution in [2.75, 3.05) is 0 Å². The molecule has 132 valence electrons. The van der Waals surface area contributed by atoms with Gasteiger partial charge in [-0.3, -0.25) is 0 Å².